The van der Waals surface area contributed by atoms with Gasteiger partial charge in [-0.25, -0.2) is 4.79 Å². The van der Waals surface area contributed by atoms with Crippen molar-refractivity contribution in [2.45, 2.75) is 20.3 Å². The van der Waals surface area contributed by atoms with E-state index in [9.17, 15) is 14.4 Å². The molecule has 0 aliphatic heterocycles. The van der Waals surface area contributed by atoms with Crippen molar-refractivity contribution >= 4 is 17.7 Å². The maximum absolute atomic E-state index is 10.8. The monoisotopic (exact) mass is 262 g/mol. The van der Waals surface area contributed by atoms with Gasteiger partial charge in [0, 0.05) is 27.3 Å². The number of Topliss-reactive ketones (excluding diaryl/α,β-unsaturated/α-hetero) is 1. The van der Waals surface area contributed by atoms with Crippen LogP contribution in [0.15, 0.2) is 12.2 Å². The Balaban J connectivity index is 0. The van der Waals surface area contributed by atoms with Crippen LogP contribution < -0.4 is 0 Å². The Hall–Kier alpha value is -0.936. The first kappa shape index (κ1) is 17.5. The molecular formula is C10H14O5Ti. The Kier molecular flexibility index (Phi) is 10.1. The molecule has 0 saturated heterocycles. The van der Waals surface area contributed by atoms with Crippen molar-refractivity contribution in [1.82, 2.24) is 0 Å². The molecule has 16 heavy (non-hydrogen) atoms. The third-order valence-electron chi connectivity index (χ3n) is 1.32. The molecule has 0 unspecified atom stereocenters. The van der Waals surface area contributed by atoms with E-state index in [1.807, 2.05) is 0 Å². The molecule has 6 heteroatoms. The summed E-state index contributed by atoms with van der Waals surface area (Å²) in [4.78, 5) is 32.2. The third-order valence-corrected chi connectivity index (χ3v) is 1.32. The van der Waals surface area contributed by atoms with Gasteiger partial charge in [0.2, 0.25) is 0 Å². The number of carbonyl (C=O) groups is 3. The predicted molar refractivity (Wildman–Crippen MR) is 52.0 cm³/mol. The van der Waals surface area contributed by atoms with E-state index in [0.29, 0.717) is 0 Å². The normalized spacial score (nSPS) is 8.62. The Labute approximate surface area is 109 Å². The largest absolute Gasteiger partial charge is 0.462 e. The molecule has 0 saturated carbocycles. The molecule has 88 valence electrons. The molecule has 0 fully saturated rings. The zero-order valence-corrected chi connectivity index (χ0v) is 10.9. The van der Waals surface area contributed by atoms with Crippen LogP contribution in [0.1, 0.15) is 20.3 Å². The van der Waals surface area contributed by atoms with E-state index in [2.05, 4.69) is 16.1 Å². The molecule has 0 aromatic carbocycles. The second kappa shape index (κ2) is 9.30. The molecule has 0 bridgehead atoms. The molecule has 0 aromatic heterocycles. The van der Waals surface area contributed by atoms with Crippen LogP contribution in [0.5, 0.6) is 0 Å². The summed E-state index contributed by atoms with van der Waals surface area (Å²) in [6.07, 6.45) is -0.256. The summed E-state index contributed by atoms with van der Waals surface area (Å²) in [6, 6.07) is 0. The van der Waals surface area contributed by atoms with Crippen LogP contribution in [0.4, 0.5) is 0 Å². The fourth-order valence-electron chi connectivity index (χ4n) is 0.667. The van der Waals surface area contributed by atoms with Crippen LogP contribution in [0.3, 0.4) is 0 Å². The summed E-state index contributed by atoms with van der Waals surface area (Å²) < 4.78 is 9.27. The van der Waals surface area contributed by atoms with Gasteiger partial charge < -0.3 is 9.47 Å². The standard InChI is InChI=1S/C10H14O5.Ti/c1-7(2)10(13)15-5-4-14-9(12)6-8(3)11;/h1,4-6H2,2-3H3;. The zero-order chi connectivity index (χ0) is 11.8. The van der Waals surface area contributed by atoms with Crippen molar-refractivity contribution < 1.29 is 45.6 Å². The van der Waals surface area contributed by atoms with E-state index >= 15 is 0 Å². The van der Waals surface area contributed by atoms with Crippen LogP contribution in [0, 0.1) is 0 Å². The Morgan fingerprint density at radius 2 is 1.56 bits per heavy atom. The first-order chi connectivity index (χ1) is 6.93. The van der Waals surface area contributed by atoms with Crippen molar-refractivity contribution in [3.05, 3.63) is 12.2 Å². The van der Waals surface area contributed by atoms with Gasteiger partial charge in [0.25, 0.3) is 0 Å². The smallest absolute Gasteiger partial charge is 0.333 e. The maximum atomic E-state index is 10.8. The molecule has 0 aliphatic rings. The van der Waals surface area contributed by atoms with Gasteiger partial charge >= 0.3 is 11.9 Å². The van der Waals surface area contributed by atoms with E-state index in [4.69, 9.17) is 0 Å². The summed E-state index contributed by atoms with van der Waals surface area (Å²) >= 11 is 0. The first-order valence-corrected chi connectivity index (χ1v) is 4.41. The van der Waals surface area contributed by atoms with Gasteiger partial charge in [-0.05, 0) is 13.8 Å². The van der Waals surface area contributed by atoms with Gasteiger partial charge in [0.05, 0.1) is 0 Å². The topological polar surface area (TPSA) is 69.7 Å². The van der Waals surface area contributed by atoms with E-state index < -0.39 is 11.9 Å². The molecule has 0 atom stereocenters. The number of hydrogen-bond acceptors (Lipinski definition) is 5. The molecular weight excluding hydrogens is 248 g/mol. The molecule has 5 nitrogen and oxygen atoms in total. The van der Waals surface area contributed by atoms with E-state index in [0.717, 1.165) is 0 Å². The van der Waals surface area contributed by atoms with E-state index in [1.54, 1.807) is 0 Å². The summed E-state index contributed by atoms with van der Waals surface area (Å²) in [5.41, 5.74) is 0.282. The number of esters is 2. The average molecular weight is 262 g/mol. The minimum absolute atomic E-state index is 0. The van der Waals surface area contributed by atoms with E-state index in [1.165, 1.54) is 13.8 Å². The summed E-state index contributed by atoms with van der Waals surface area (Å²) in [7, 11) is 0. The number of ether oxygens (including phenoxy) is 2. The predicted octanol–water partition coefficient (Wildman–Crippen LogP) is 0.625. The fourth-order valence-corrected chi connectivity index (χ4v) is 0.667. The molecule has 0 spiro atoms. The van der Waals surface area contributed by atoms with Crippen molar-refractivity contribution in [3.63, 3.8) is 0 Å². The van der Waals surface area contributed by atoms with Crippen LogP contribution in [-0.2, 0) is 45.6 Å². The second-order valence-corrected chi connectivity index (χ2v) is 3.02. The third kappa shape index (κ3) is 9.61. The Bertz CT molecular complexity index is 285. The van der Waals surface area contributed by atoms with Crippen LogP contribution in [0.2, 0.25) is 0 Å². The van der Waals surface area contributed by atoms with Crippen molar-refractivity contribution in [1.29, 1.82) is 0 Å². The molecule has 0 aliphatic carbocycles. The Morgan fingerprint density at radius 3 is 2.00 bits per heavy atom. The van der Waals surface area contributed by atoms with Gasteiger partial charge in [0.1, 0.15) is 25.4 Å². The molecule has 0 amide bonds. The fraction of sp³-hybridized carbons (Fsp3) is 0.500. The van der Waals surface area contributed by atoms with E-state index in [-0.39, 0.29) is 52.7 Å². The van der Waals surface area contributed by atoms with Gasteiger partial charge in [-0.3, -0.25) is 9.59 Å². The van der Waals surface area contributed by atoms with Gasteiger partial charge in [-0.15, -0.1) is 0 Å². The SMILES string of the molecule is C=C(C)C(=O)OCCOC(=O)CC(C)=O.[Ti]. The molecule has 0 aromatic rings. The van der Waals surface area contributed by atoms with Crippen LogP contribution in [-0.4, -0.2) is 30.9 Å². The minimum Gasteiger partial charge on any atom is -0.462 e. The summed E-state index contributed by atoms with van der Waals surface area (Å²) in [5, 5.41) is 0. The molecule has 0 radical (unpaired) electrons. The van der Waals surface area contributed by atoms with Crippen LogP contribution in [0.25, 0.3) is 0 Å². The quantitative estimate of drug-likeness (QED) is 0.231. The summed E-state index contributed by atoms with van der Waals surface area (Å²) in [6.45, 7) is 6.11. The number of ketones is 1. The molecule has 0 heterocycles. The number of rotatable bonds is 6. The van der Waals surface area contributed by atoms with Gasteiger partial charge in [-0.2, -0.15) is 0 Å². The van der Waals surface area contributed by atoms with Crippen molar-refractivity contribution in [2.75, 3.05) is 13.2 Å². The molecule has 0 rings (SSSR count). The molecule has 0 N–H and O–H groups in total. The first-order valence-electron chi connectivity index (χ1n) is 4.41. The second-order valence-electron chi connectivity index (χ2n) is 3.02. The van der Waals surface area contributed by atoms with Gasteiger partial charge in [0.15, 0.2) is 0 Å². The minimum atomic E-state index is -0.617. The number of hydrogen-bond donors (Lipinski definition) is 0. The maximum Gasteiger partial charge on any atom is 0.333 e. The van der Waals surface area contributed by atoms with Crippen molar-refractivity contribution in [2.24, 2.45) is 0 Å². The average Bonchev–Trinajstić information content (AvgIpc) is 2.10. The zero-order valence-electron chi connectivity index (χ0n) is 9.37. The number of carbonyl (C=O) groups excluding carboxylic acids is 3. The van der Waals surface area contributed by atoms with Crippen molar-refractivity contribution in [3.8, 4) is 0 Å². The van der Waals surface area contributed by atoms with Gasteiger partial charge in [-0.1, -0.05) is 6.58 Å². The Morgan fingerprint density at radius 1 is 1.06 bits per heavy atom. The van der Waals surface area contributed by atoms with Crippen LogP contribution >= 0.6 is 0 Å². The summed E-state index contributed by atoms with van der Waals surface area (Å²) in [5.74, 6) is -1.41.